The van der Waals surface area contributed by atoms with E-state index in [0.29, 0.717) is 6.61 Å². The largest absolute Gasteiger partial charge is 0.450 e. The van der Waals surface area contributed by atoms with E-state index in [1.807, 2.05) is 0 Å². The van der Waals surface area contributed by atoms with Gasteiger partial charge < -0.3 is 19.7 Å². The quantitative estimate of drug-likeness (QED) is 0.416. The average molecular weight is 204 g/mol. The van der Waals surface area contributed by atoms with Crippen molar-refractivity contribution >= 4 is 11.8 Å². The van der Waals surface area contributed by atoms with Crippen LogP contribution in [0, 0.1) is 0 Å². The third kappa shape index (κ3) is 2.09. The number of rotatable bonds is 4. The van der Waals surface area contributed by atoms with E-state index in [4.69, 9.17) is 4.74 Å². The molecule has 1 saturated heterocycles. The van der Waals surface area contributed by atoms with Crippen LogP contribution in [0.2, 0.25) is 0 Å². The van der Waals surface area contributed by atoms with Crippen molar-refractivity contribution in [2.75, 3.05) is 13.2 Å². The molecule has 0 radical (unpaired) electrons. The highest BCUT2D eigenvalue weighted by Crippen LogP contribution is 2.15. The molecular weight excluding hydrogens is 192 g/mol. The van der Waals surface area contributed by atoms with Gasteiger partial charge in [0.05, 0.1) is 6.61 Å². The Morgan fingerprint density at radius 2 is 2.21 bits per heavy atom. The number of aliphatic hydroxyl groups excluding tert-OH is 2. The van der Waals surface area contributed by atoms with Crippen molar-refractivity contribution in [3.8, 4) is 0 Å². The zero-order valence-corrected chi connectivity index (χ0v) is 7.67. The van der Waals surface area contributed by atoms with Gasteiger partial charge in [0, 0.05) is 6.61 Å². The van der Waals surface area contributed by atoms with Crippen LogP contribution in [0.4, 0.5) is 0 Å². The fourth-order valence-corrected chi connectivity index (χ4v) is 1.14. The second-order valence-electron chi connectivity index (χ2n) is 2.91. The molecular formula is C8H12O6. The van der Waals surface area contributed by atoms with Gasteiger partial charge in [-0.1, -0.05) is 0 Å². The molecule has 14 heavy (non-hydrogen) atoms. The van der Waals surface area contributed by atoms with Gasteiger partial charge >= 0.3 is 5.97 Å². The molecule has 1 fully saturated rings. The van der Waals surface area contributed by atoms with Crippen LogP contribution in [-0.2, 0) is 19.1 Å². The number of carbonyl (C=O) groups is 2. The molecule has 80 valence electrons. The summed E-state index contributed by atoms with van der Waals surface area (Å²) in [6.07, 6.45) is -3.97. The topological polar surface area (TPSA) is 93.1 Å². The molecule has 0 aliphatic carbocycles. The van der Waals surface area contributed by atoms with E-state index in [2.05, 4.69) is 4.74 Å². The first-order chi connectivity index (χ1) is 6.57. The number of hydrogen-bond donors (Lipinski definition) is 2. The number of Topliss-reactive ketones (excluding diaryl/α,β-unsaturated/α-hetero) is 1. The second kappa shape index (κ2) is 4.50. The summed E-state index contributed by atoms with van der Waals surface area (Å²) >= 11 is 0. The van der Waals surface area contributed by atoms with Gasteiger partial charge in [0.1, 0.15) is 6.10 Å². The molecule has 0 bridgehead atoms. The van der Waals surface area contributed by atoms with E-state index >= 15 is 0 Å². The first-order valence-corrected chi connectivity index (χ1v) is 4.26. The number of ketones is 1. The van der Waals surface area contributed by atoms with E-state index in [1.165, 1.54) is 0 Å². The second-order valence-corrected chi connectivity index (χ2v) is 2.91. The first kappa shape index (κ1) is 11.1. The summed E-state index contributed by atoms with van der Waals surface area (Å²) in [5, 5.41) is 18.6. The van der Waals surface area contributed by atoms with Gasteiger partial charge in [-0.05, 0) is 6.92 Å². The summed E-state index contributed by atoms with van der Waals surface area (Å²) in [6, 6.07) is 0. The summed E-state index contributed by atoms with van der Waals surface area (Å²) in [5.41, 5.74) is 0. The van der Waals surface area contributed by atoms with Crippen LogP contribution < -0.4 is 0 Å². The van der Waals surface area contributed by atoms with Crippen LogP contribution in [0.25, 0.3) is 0 Å². The zero-order chi connectivity index (χ0) is 10.7. The minimum atomic E-state index is -1.59. The van der Waals surface area contributed by atoms with Crippen LogP contribution in [-0.4, -0.2) is 53.5 Å². The van der Waals surface area contributed by atoms with Gasteiger partial charge in [0.25, 0.3) is 5.78 Å². The lowest BCUT2D eigenvalue weighted by Gasteiger charge is -2.18. The molecule has 1 heterocycles. The number of esters is 1. The third-order valence-electron chi connectivity index (χ3n) is 1.90. The highest BCUT2D eigenvalue weighted by molar-refractivity contribution is 6.37. The fraction of sp³-hybridized carbons (Fsp3) is 0.750. The maximum Gasteiger partial charge on any atom is 0.378 e. The predicted molar refractivity (Wildman–Crippen MR) is 43.4 cm³/mol. The molecule has 0 aromatic heterocycles. The number of ether oxygens (including phenoxy) is 2. The Kier molecular flexibility index (Phi) is 3.56. The Hall–Kier alpha value is -0.980. The lowest BCUT2D eigenvalue weighted by molar-refractivity contribution is -0.152. The van der Waals surface area contributed by atoms with E-state index in [-0.39, 0.29) is 6.61 Å². The smallest absolute Gasteiger partial charge is 0.378 e. The Balaban J connectivity index is 2.53. The van der Waals surface area contributed by atoms with Crippen molar-refractivity contribution in [2.24, 2.45) is 0 Å². The Morgan fingerprint density at radius 3 is 2.64 bits per heavy atom. The van der Waals surface area contributed by atoms with E-state index < -0.39 is 30.1 Å². The summed E-state index contributed by atoms with van der Waals surface area (Å²) in [6.45, 7) is 2.04. The van der Waals surface area contributed by atoms with Gasteiger partial charge in [-0.2, -0.15) is 0 Å². The summed E-state index contributed by atoms with van der Waals surface area (Å²) in [5.74, 6) is -2.14. The van der Waals surface area contributed by atoms with Crippen molar-refractivity contribution in [2.45, 2.75) is 25.2 Å². The predicted octanol–water partition coefficient (Wildman–Crippen LogP) is -1.76. The Bertz CT molecular complexity index is 238. The molecule has 0 aromatic carbocycles. The van der Waals surface area contributed by atoms with E-state index in [1.54, 1.807) is 6.92 Å². The molecule has 3 unspecified atom stereocenters. The summed E-state index contributed by atoms with van der Waals surface area (Å²) in [4.78, 5) is 21.5. The van der Waals surface area contributed by atoms with Crippen LogP contribution in [0.15, 0.2) is 0 Å². The molecule has 2 N–H and O–H groups in total. The highest BCUT2D eigenvalue weighted by Gasteiger charge is 2.46. The molecule has 1 aliphatic rings. The number of carbonyl (C=O) groups excluding carboxylic acids is 2. The summed E-state index contributed by atoms with van der Waals surface area (Å²) in [7, 11) is 0. The number of aliphatic hydroxyl groups is 2. The molecule has 1 aliphatic heterocycles. The molecule has 6 heteroatoms. The Morgan fingerprint density at radius 1 is 1.57 bits per heavy atom. The maximum atomic E-state index is 10.8. The van der Waals surface area contributed by atoms with Gasteiger partial charge in [-0.3, -0.25) is 4.79 Å². The molecule has 1 rings (SSSR count). The standard InChI is InChI=1S/C8H12O6/c1-2-13-3-4(9)7-5(10)6(11)8(12)14-7/h4-5,7,9-10H,2-3H2,1H3. The van der Waals surface area contributed by atoms with Gasteiger partial charge in [-0.25, -0.2) is 4.79 Å². The monoisotopic (exact) mass is 204 g/mol. The number of hydrogen-bond acceptors (Lipinski definition) is 6. The molecule has 0 saturated carbocycles. The van der Waals surface area contributed by atoms with Crippen molar-refractivity contribution in [3.63, 3.8) is 0 Å². The zero-order valence-electron chi connectivity index (χ0n) is 7.67. The van der Waals surface area contributed by atoms with Crippen LogP contribution in [0.5, 0.6) is 0 Å². The molecule has 0 aromatic rings. The highest BCUT2D eigenvalue weighted by atomic mass is 16.6. The fourth-order valence-electron chi connectivity index (χ4n) is 1.14. The van der Waals surface area contributed by atoms with Crippen LogP contribution in [0.3, 0.4) is 0 Å². The minimum Gasteiger partial charge on any atom is -0.450 e. The molecule has 6 nitrogen and oxygen atoms in total. The normalized spacial score (nSPS) is 29.1. The number of cyclic esters (lactones) is 1. The van der Waals surface area contributed by atoms with Crippen molar-refractivity contribution in [3.05, 3.63) is 0 Å². The van der Waals surface area contributed by atoms with Gasteiger partial charge in [-0.15, -0.1) is 0 Å². The van der Waals surface area contributed by atoms with Crippen LogP contribution in [0.1, 0.15) is 6.92 Å². The average Bonchev–Trinajstić information content (AvgIpc) is 2.42. The lowest BCUT2D eigenvalue weighted by atomic mass is 10.1. The molecule has 0 spiro atoms. The van der Waals surface area contributed by atoms with Gasteiger partial charge in [0.2, 0.25) is 0 Å². The van der Waals surface area contributed by atoms with Crippen LogP contribution >= 0.6 is 0 Å². The van der Waals surface area contributed by atoms with Gasteiger partial charge in [0.15, 0.2) is 12.2 Å². The van der Waals surface area contributed by atoms with E-state index in [9.17, 15) is 19.8 Å². The molecule has 3 atom stereocenters. The van der Waals surface area contributed by atoms with Crippen molar-refractivity contribution in [1.82, 2.24) is 0 Å². The minimum absolute atomic E-state index is 0.0845. The molecule has 0 amide bonds. The summed E-state index contributed by atoms with van der Waals surface area (Å²) < 4.78 is 9.34. The lowest BCUT2D eigenvalue weighted by Crippen LogP contribution is -2.39. The Labute approximate surface area is 80.4 Å². The SMILES string of the molecule is CCOCC(O)C1OC(=O)C(=O)C1O. The maximum absolute atomic E-state index is 10.8. The van der Waals surface area contributed by atoms with Crippen molar-refractivity contribution in [1.29, 1.82) is 0 Å². The van der Waals surface area contributed by atoms with E-state index in [0.717, 1.165) is 0 Å². The first-order valence-electron chi connectivity index (χ1n) is 4.26. The van der Waals surface area contributed by atoms with Crippen molar-refractivity contribution < 1.29 is 29.3 Å². The third-order valence-corrected chi connectivity index (χ3v) is 1.90.